The molecule has 0 saturated carbocycles. The van der Waals surface area contributed by atoms with Crippen molar-refractivity contribution in [2.24, 2.45) is 0 Å². The van der Waals surface area contributed by atoms with Crippen LogP contribution in [0.4, 0.5) is 5.69 Å². The zero-order chi connectivity index (χ0) is 18.6. The highest BCUT2D eigenvalue weighted by Gasteiger charge is 2.19. The Balaban J connectivity index is 1.35. The number of hydrogen-bond donors (Lipinski definition) is 0. The van der Waals surface area contributed by atoms with E-state index < -0.39 is 0 Å². The Morgan fingerprint density at radius 3 is 2.19 bits per heavy atom. The predicted octanol–water partition coefficient (Wildman–Crippen LogP) is 2.41. The Morgan fingerprint density at radius 2 is 1.59 bits per heavy atom. The minimum Gasteiger partial charge on any atom is -0.372 e. The van der Waals surface area contributed by atoms with E-state index in [-0.39, 0.29) is 5.91 Å². The van der Waals surface area contributed by atoms with Crippen LogP contribution in [0.25, 0.3) is 11.3 Å². The summed E-state index contributed by atoms with van der Waals surface area (Å²) >= 11 is 0. The third-order valence-electron chi connectivity index (χ3n) is 5.56. The van der Waals surface area contributed by atoms with Gasteiger partial charge in [-0.25, -0.2) is 0 Å². The minimum atomic E-state index is 0.162. The van der Waals surface area contributed by atoms with Gasteiger partial charge in [0.05, 0.1) is 11.4 Å². The van der Waals surface area contributed by atoms with Crippen molar-refractivity contribution in [2.45, 2.75) is 26.3 Å². The lowest BCUT2D eigenvalue weighted by Crippen LogP contribution is -2.47. The molecule has 1 amide bonds. The number of carbonyl (C=O) groups excluding carboxylic acids is 1. The Bertz CT molecular complexity index is 760. The first-order valence-corrected chi connectivity index (χ1v) is 9.85. The maximum absolute atomic E-state index is 11.4. The molecule has 0 unspecified atom stereocenters. The van der Waals surface area contributed by atoms with Crippen molar-refractivity contribution in [2.75, 3.05) is 44.2 Å². The molecule has 2 aliphatic heterocycles. The summed E-state index contributed by atoms with van der Waals surface area (Å²) in [5, 5.41) is 8.85. The number of carbonyl (C=O) groups is 1. The third-order valence-corrected chi connectivity index (χ3v) is 5.56. The number of benzene rings is 1. The van der Waals surface area contributed by atoms with Gasteiger partial charge in [0, 0.05) is 64.0 Å². The second kappa shape index (κ2) is 8.05. The summed E-state index contributed by atoms with van der Waals surface area (Å²) < 4.78 is 0. The van der Waals surface area contributed by atoms with E-state index in [9.17, 15) is 4.79 Å². The van der Waals surface area contributed by atoms with Gasteiger partial charge in [0.15, 0.2) is 0 Å². The summed E-state index contributed by atoms with van der Waals surface area (Å²) in [6.07, 6.45) is 2.58. The molecule has 6 heteroatoms. The van der Waals surface area contributed by atoms with Gasteiger partial charge in [-0.15, -0.1) is 0 Å². The first-order chi connectivity index (χ1) is 13.2. The number of aromatic nitrogens is 2. The SMILES string of the molecule is CC(=O)N1CCN(Cc2ccc(-c3ccc(N4CCCC4)cc3)nn2)CC1. The zero-order valence-corrected chi connectivity index (χ0v) is 16.0. The second-order valence-electron chi connectivity index (χ2n) is 7.43. The molecule has 2 fully saturated rings. The molecule has 0 N–H and O–H groups in total. The molecule has 2 saturated heterocycles. The van der Waals surface area contributed by atoms with Crippen LogP contribution in [-0.2, 0) is 11.3 Å². The average Bonchev–Trinajstić information content (AvgIpc) is 3.24. The highest BCUT2D eigenvalue weighted by atomic mass is 16.2. The second-order valence-corrected chi connectivity index (χ2v) is 7.43. The molecule has 0 bridgehead atoms. The van der Waals surface area contributed by atoms with Crippen LogP contribution in [0.2, 0.25) is 0 Å². The van der Waals surface area contributed by atoms with Gasteiger partial charge in [-0.2, -0.15) is 10.2 Å². The van der Waals surface area contributed by atoms with Crippen molar-refractivity contribution < 1.29 is 4.79 Å². The van der Waals surface area contributed by atoms with Crippen LogP contribution in [-0.4, -0.2) is 65.2 Å². The van der Waals surface area contributed by atoms with Crippen LogP contribution >= 0.6 is 0 Å². The number of rotatable bonds is 4. The summed E-state index contributed by atoms with van der Waals surface area (Å²) in [6, 6.07) is 12.8. The van der Waals surface area contributed by atoms with Crippen molar-refractivity contribution in [1.82, 2.24) is 20.0 Å². The average molecular weight is 365 g/mol. The molecule has 142 valence electrons. The molecule has 27 heavy (non-hydrogen) atoms. The predicted molar refractivity (Wildman–Crippen MR) is 106 cm³/mol. The van der Waals surface area contributed by atoms with Crippen molar-refractivity contribution >= 4 is 11.6 Å². The number of piperazine rings is 1. The fourth-order valence-corrected chi connectivity index (χ4v) is 3.87. The molecule has 2 aromatic rings. The smallest absolute Gasteiger partial charge is 0.219 e. The lowest BCUT2D eigenvalue weighted by Gasteiger charge is -2.33. The highest BCUT2D eigenvalue weighted by molar-refractivity contribution is 5.73. The maximum atomic E-state index is 11.4. The van der Waals surface area contributed by atoms with E-state index in [0.29, 0.717) is 0 Å². The van der Waals surface area contributed by atoms with Crippen molar-refractivity contribution in [3.8, 4) is 11.3 Å². The molecular formula is C21H27N5O. The van der Waals surface area contributed by atoms with Gasteiger partial charge in [-0.1, -0.05) is 12.1 Å². The van der Waals surface area contributed by atoms with Crippen molar-refractivity contribution in [3.63, 3.8) is 0 Å². The number of nitrogens with zero attached hydrogens (tertiary/aromatic N) is 5. The van der Waals surface area contributed by atoms with E-state index in [4.69, 9.17) is 0 Å². The van der Waals surface area contributed by atoms with Gasteiger partial charge < -0.3 is 9.80 Å². The Labute approximate surface area is 160 Å². The highest BCUT2D eigenvalue weighted by Crippen LogP contribution is 2.24. The molecule has 6 nitrogen and oxygen atoms in total. The van der Waals surface area contributed by atoms with Crippen LogP contribution < -0.4 is 4.90 Å². The van der Waals surface area contributed by atoms with Crippen molar-refractivity contribution in [1.29, 1.82) is 0 Å². The molecule has 0 aliphatic carbocycles. The summed E-state index contributed by atoms with van der Waals surface area (Å²) in [4.78, 5) is 18.1. The summed E-state index contributed by atoms with van der Waals surface area (Å²) in [5.41, 5.74) is 4.29. The van der Waals surface area contributed by atoms with E-state index in [2.05, 4.69) is 56.4 Å². The Hall–Kier alpha value is -2.47. The Morgan fingerprint density at radius 1 is 0.889 bits per heavy atom. The van der Waals surface area contributed by atoms with Gasteiger partial charge in [0.2, 0.25) is 5.91 Å². The van der Waals surface area contributed by atoms with Gasteiger partial charge >= 0.3 is 0 Å². The van der Waals surface area contributed by atoms with E-state index in [1.807, 2.05) is 4.90 Å². The van der Waals surface area contributed by atoms with Crippen LogP contribution in [0.1, 0.15) is 25.5 Å². The quantitative estimate of drug-likeness (QED) is 0.833. The van der Waals surface area contributed by atoms with Gasteiger partial charge in [0.1, 0.15) is 0 Å². The lowest BCUT2D eigenvalue weighted by molar-refractivity contribution is -0.130. The molecule has 1 aromatic carbocycles. The normalized spacial score (nSPS) is 18.1. The van der Waals surface area contributed by atoms with E-state index in [0.717, 1.165) is 62.8 Å². The topological polar surface area (TPSA) is 52.6 Å². The van der Waals surface area contributed by atoms with E-state index >= 15 is 0 Å². The van der Waals surface area contributed by atoms with Crippen LogP contribution in [0.15, 0.2) is 36.4 Å². The monoisotopic (exact) mass is 365 g/mol. The zero-order valence-electron chi connectivity index (χ0n) is 16.0. The summed E-state index contributed by atoms with van der Waals surface area (Å²) in [6.45, 7) is 8.11. The van der Waals surface area contributed by atoms with Crippen LogP contribution in [0.5, 0.6) is 0 Å². The third kappa shape index (κ3) is 4.27. The molecular weight excluding hydrogens is 338 g/mol. The van der Waals surface area contributed by atoms with Crippen LogP contribution in [0, 0.1) is 0 Å². The molecule has 3 heterocycles. The fraction of sp³-hybridized carbons (Fsp3) is 0.476. The van der Waals surface area contributed by atoms with E-state index in [1.54, 1.807) is 6.92 Å². The Kier molecular flexibility index (Phi) is 5.34. The maximum Gasteiger partial charge on any atom is 0.219 e. The number of amides is 1. The molecule has 0 radical (unpaired) electrons. The molecule has 0 atom stereocenters. The minimum absolute atomic E-state index is 0.162. The molecule has 1 aromatic heterocycles. The van der Waals surface area contributed by atoms with Crippen LogP contribution in [0.3, 0.4) is 0 Å². The molecule has 0 spiro atoms. The largest absolute Gasteiger partial charge is 0.372 e. The number of anilines is 1. The molecule has 2 aliphatic rings. The summed E-state index contributed by atoms with van der Waals surface area (Å²) in [7, 11) is 0. The first kappa shape index (κ1) is 17.9. The first-order valence-electron chi connectivity index (χ1n) is 9.85. The van der Waals surface area contributed by atoms with Gasteiger partial charge in [-0.3, -0.25) is 9.69 Å². The van der Waals surface area contributed by atoms with Crippen molar-refractivity contribution in [3.05, 3.63) is 42.1 Å². The lowest BCUT2D eigenvalue weighted by atomic mass is 10.1. The van der Waals surface area contributed by atoms with Gasteiger partial charge in [-0.05, 0) is 37.1 Å². The standard InChI is InChI=1S/C21H27N5O/c1-17(27)25-14-12-24(13-15-25)16-19-6-9-21(23-22-19)18-4-7-20(8-5-18)26-10-2-3-11-26/h4-9H,2-3,10-16H2,1H3. The molecule has 4 rings (SSSR count). The number of hydrogen-bond acceptors (Lipinski definition) is 5. The van der Waals surface area contributed by atoms with E-state index in [1.165, 1.54) is 18.5 Å². The summed E-state index contributed by atoms with van der Waals surface area (Å²) in [5.74, 6) is 0.162. The fourth-order valence-electron chi connectivity index (χ4n) is 3.87. The van der Waals surface area contributed by atoms with Gasteiger partial charge in [0.25, 0.3) is 0 Å².